The highest BCUT2D eigenvalue weighted by molar-refractivity contribution is 6.52. The number of rotatable bonds is 7. The van der Waals surface area contributed by atoms with Gasteiger partial charge in [0, 0.05) is 12.1 Å². The average molecular weight is 463 g/mol. The summed E-state index contributed by atoms with van der Waals surface area (Å²) in [7, 11) is 0.863. The summed E-state index contributed by atoms with van der Waals surface area (Å²) < 4.78 is 4.34. The summed E-state index contributed by atoms with van der Waals surface area (Å²) in [5, 5.41) is 22.2. The van der Waals surface area contributed by atoms with Gasteiger partial charge in [-0.25, -0.2) is 9.78 Å². The van der Waals surface area contributed by atoms with Crippen LogP contribution in [0.4, 0.5) is 11.4 Å². The van der Waals surface area contributed by atoms with Crippen molar-refractivity contribution in [3.63, 3.8) is 0 Å². The number of nitriles is 1. The highest BCUT2D eigenvalue weighted by Gasteiger charge is 2.40. The smallest absolute Gasteiger partial charge is 0.375 e. The number of methoxy groups -OCH3 is 1. The van der Waals surface area contributed by atoms with Crippen LogP contribution in [0.3, 0.4) is 0 Å². The number of non-ortho nitro benzene ring substituents is 1. The number of fused-ring (bicyclic) bond motifs is 1. The molecule has 0 aliphatic carbocycles. The third kappa shape index (κ3) is 4.50. The Morgan fingerprint density at radius 3 is 2.53 bits per heavy atom. The number of para-hydroxylation sites is 2. The minimum absolute atomic E-state index is 0.165. The molecule has 3 aromatic rings. The van der Waals surface area contributed by atoms with E-state index in [9.17, 15) is 39.3 Å². The number of anilines is 1. The number of benzene rings is 2. The minimum Gasteiger partial charge on any atom is -0.463 e. The number of nitro groups is 1. The number of aromatic nitrogens is 2. The molecule has 0 fully saturated rings. The Kier molecular flexibility index (Phi) is 6.53. The molecule has 1 atom stereocenters. The van der Waals surface area contributed by atoms with Crippen molar-refractivity contribution in [1.29, 1.82) is 5.26 Å². The predicted molar refractivity (Wildman–Crippen MR) is 114 cm³/mol. The lowest BCUT2D eigenvalue weighted by Gasteiger charge is -2.13. The number of nitrogens with zero attached hydrogens (tertiary/aromatic N) is 3. The zero-order valence-electron chi connectivity index (χ0n) is 17.2. The maximum absolute atomic E-state index is 13.0. The number of H-pyrrole nitrogens is 1. The van der Waals surface area contributed by atoms with Crippen LogP contribution in [0, 0.1) is 21.4 Å². The van der Waals surface area contributed by atoms with E-state index in [0.29, 0.717) is 0 Å². The van der Waals surface area contributed by atoms with Crippen molar-refractivity contribution in [2.45, 2.75) is 5.92 Å². The molecule has 0 radical (unpaired) electrons. The second kappa shape index (κ2) is 9.49. The molecule has 1 amide bonds. The van der Waals surface area contributed by atoms with E-state index in [1.807, 2.05) is 5.32 Å². The molecule has 0 spiro atoms. The van der Waals surface area contributed by atoms with Crippen molar-refractivity contribution in [2.24, 2.45) is 0 Å². The first-order valence-electron chi connectivity index (χ1n) is 9.32. The summed E-state index contributed by atoms with van der Waals surface area (Å²) in [4.78, 5) is 79.3. The molecule has 0 aliphatic rings. The number of amides is 1. The highest BCUT2D eigenvalue weighted by atomic mass is 16.6. The van der Waals surface area contributed by atoms with Crippen LogP contribution in [0.2, 0.25) is 0 Å². The summed E-state index contributed by atoms with van der Waals surface area (Å²) in [6.45, 7) is 0. The number of carbonyl (C=O) groups is 4. The normalized spacial score (nSPS) is 11.2. The molecule has 3 rings (SSSR count). The molecule has 2 N–H and O–H groups in total. The highest BCUT2D eigenvalue weighted by Crippen LogP contribution is 2.23. The van der Waals surface area contributed by atoms with E-state index in [4.69, 9.17) is 0 Å². The number of hydrogen-bond donors (Lipinski definition) is 2. The van der Waals surface area contributed by atoms with E-state index in [2.05, 4.69) is 14.7 Å². The summed E-state index contributed by atoms with van der Waals surface area (Å²) in [6.07, 6.45) is 0. The Balaban J connectivity index is 2.07. The largest absolute Gasteiger partial charge is 0.463 e. The SMILES string of the molecule is COC(=O)C(=O)C(C(=O)C(=O)Nc1cc([N+](=O)[O-])ccc1C#N)c1nc2ccccc2[nH]c1=O. The zero-order valence-corrected chi connectivity index (χ0v) is 17.2. The van der Waals surface area contributed by atoms with Crippen LogP contribution in [0.25, 0.3) is 11.0 Å². The van der Waals surface area contributed by atoms with E-state index in [1.54, 1.807) is 18.2 Å². The van der Waals surface area contributed by atoms with Crippen molar-refractivity contribution in [1.82, 2.24) is 9.97 Å². The number of aromatic amines is 1. The van der Waals surface area contributed by atoms with Crippen LogP contribution >= 0.6 is 0 Å². The van der Waals surface area contributed by atoms with Crippen LogP contribution in [0.15, 0.2) is 47.3 Å². The fourth-order valence-corrected chi connectivity index (χ4v) is 2.99. The van der Waals surface area contributed by atoms with E-state index in [1.165, 1.54) is 12.1 Å². The zero-order chi connectivity index (χ0) is 25.0. The van der Waals surface area contributed by atoms with Gasteiger partial charge in [0.15, 0.2) is 0 Å². The number of Topliss-reactive ketones (excluding diaryl/α,β-unsaturated/α-hetero) is 2. The Hall–Kier alpha value is -5.25. The number of esters is 1. The van der Waals surface area contributed by atoms with Crippen LogP contribution in [-0.4, -0.2) is 45.4 Å². The van der Waals surface area contributed by atoms with Crippen LogP contribution in [-0.2, 0) is 23.9 Å². The van der Waals surface area contributed by atoms with Crippen molar-refractivity contribution in [3.05, 3.63) is 74.2 Å². The number of hydrogen-bond acceptors (Lipinski definition) is 10. The third-order valence-electron chi connectivity index (χ3n) is 4.62. The molecule has 13 nitrogen and oxygen atoms in total. The lowest BCUT2D eigenvalue weighted by Crippen LogP contribution is -2.39. The van der Waals surface area contributed by atoms with Crippen LogP contribution < -0.4 is 10.9 Å². The summed E-state index contributed by atoms with van der Waals surface area (Å²) in [6, 6.07) is 10.7. The van der Waals surface area contributed by atoms with Gasteiger partial charge < -0.3 is 15.0 Å². The first-order valence-corrected chi connectivity index (χ1v) is 9.32. The fourth-order valence-electron chi connectivity index (χ4n) is 2.99. The number of ether oxygens (including phenoxy) is 1. The predicted octanol–water partition coefficient (Wildman–Crippen LogP) is 0.736. The van der Waals surface area contributed by atoms with E-state index >= 15 is 0 Å². The van der Waals surface area contributed by atoms with E-state index in [-0.39, 0.29) is 22.3 Å². The topological polar surface area (TPSA) is 202 Å². The van der Waals surface area contributed by atoms with Gasteiger partial charge in [0.25, 0.3) is 22.9 Å². The monoisotopic (exact) mass is 463 g/mol. The summed E-state index contributed by atoms with van der Waals surface area (Å²) in [5.74, 6) is -8.40. The van der Waals surface area contributed by atoms with Gasteiger partial charge in [-0.3, -0.25) is 29.3 Å². The molecular weight excluding hydrogens is 450 g/mol. The van der Waals surface area contributed by atoms with Gasteiger partial charge in [0.1, 0.15) is 17.7 Å². The van der Waals surface area contributed by atoms with E-state index in [0.717, 1.165) is 25.3 Å². The molecule has 1 unspecified atom stereocenters. The second-order valence-electron chi connectivity index (χ2n) is 6.67. The molecule has 13 heteroatoms. The summed E-state index contributed by atoms with van der Waals surface area (Å²) in [5.41, 5.74) is -2.39. The average Bonchev–Trinajstić information content (AvgIpc) is 2.83. The maximum atomic E-state index is 13.0. The van der Waals surface area contributed by atoms with Gasteiger partial charge in [0.2, 0.25) is 5.78 Å². The molecule has 2 aromatic carbocycles. The lowest BCUT2D eigenvalue weighted by molar-refractivity contribution is -0.384. The Labute approximate surface area is 189 Å². The first-order chi connectivity index (χ1) is 16.2. The molecule has 1 heterocycles. The van der Waals surface area contributed by atoms with Gasteiger partial charge >= 0.3 is 5.97 Å². The summed E-state index contributed by atoms with van der Waals surface area (Å²) >= 11 is 0. The molecule has 0 bridgehead atoms. The van der Waals surface area contributed by atoms with Crippen molar-refractivity contribution >= 4 is 45.9 Å². The number of ketones is 2. The standard InChI is InChI=1S/C21H13N5O8/c1-34-21(31)18(28)15(16-19(29)24-13-5-3-2-4-12(13)23-16)17(27)20(30)25-14-8-11(26(32)33)7-6-10(14)9-22/h2-8,15H,1H3,(H,24,29)(H,25,30). The molecule has 1 aromatic heterocycles. The maximum Gasteiger partial charge on any atom is 0.375 e. The molecule has 34 heavy (non-hydrogen) atoms. The minimum atomic E-state index is -2.27. The van der Waals surface area contributed by atoms with Gasteiger partial charge in [-0.2, -0.15) is 5.26 Å². The Morgan fingerprint density at radius 1 is 1.18 bits per heavy atom. The van der Waals surface area contributed by atoms with Crippen molar-refractivity contribution in [2.75, 3.05) is 12.4 Å². The van der Waals surface area contributed by atoms with Gasteiger partial charge in [-0.1, -0.05) is 12.1 Å². The Morgan fingerprint density at radius 2 is 1.88 bits per heavy atom. The van der Waals surface area contributed by atoms with E-state index < -0.39 is 51.2 Å². The quantitative estimate of drug-likeness (QED) is 0.165. The Bertz CT molecular complexity index is 1470. The fraction of sp³-hybridized carbons (Fsp3) is 0.0952. The number of nitro benzene ring substituents is 1. The molecule has 0 saturated heterocycles. The third-order valence-corrected chi connectivity index (χ3v) is 4.62. The van der Waals surface area contributed by atoms with Gasteiger partial charge in [0.05, 0.1) is 34.3 Å². The molecule has 0 saturated carbocycles. The number of nitrogens with one attached hydrogen (secondary N) is 2. The first kappa shape index (κ1) is 23.4. The van der Waals surface area contributed by atoms with Gasteiger partial charge in [-0.05, 0) is 18.2 Å². The second-order valence-corrected chi connectivity index (χ2v) is 6.67. The van der Waals surface area contributed by atoms with Crippen molar-refractivity contribution in [3.8, 4) is 6.07 Å². The van der Waals surface area contributed by atoms with Crippen LogP contribution in [0.1, 0.15) is 17.2 Å². The number of carbonyl (C=O) groups excluding carboxylic acids is 4. The molecule has 170 valence electrons. The van der Waals surface area contributed by atoms with Crippen molar-refractivity contribution < 1.29 is 28.8 Å². The molecule has 0 aliphatic heterocycles. The van der Waals surface area contributed by atoms with Crippen LogP contribution in [0.5, 0.6) is 0 Å². The van der Waals surface area contributed by atoms with Gasteiger partial charge in [-0.15, -0.1) is 0 Å². The lowest BCUT2D eigenvalue weighted by atomic mass is 9.94. The molecular formula is C21H13N5O8.